The highest BCUT2D eigenvalue weighted by atomic mass is 15.3. The molecule has 0 bridgehead atoms. The molecule has 6 nitrogen and oxygen atoms in total. The number of benzene rings is 5. The number of aryl methyl sites for hydroxylation is 1. The summed E-state index contributed by atoms with van der Waals surface area (Å²) in [6.45, 7) is 6.39. The van der Waals surface area contributed by atoms with Crippen LogP contribution in [0.2, 0.25) is 0 Å². The Labute approximate surface area is 216 Å². The predicted molar refractivity (Wildman–Crippen MR) is 154 cm³/mol. The van der Waals surface area contributed by atoms with E-state index in [9.17, 15) is 0 Å². The fourth-order valence-electron chi connectivity index (χ4n) is 4.89. The van der Waals surface area contributed by atoms with Gasteiger partial charge in [0.1, 0.15) is 5.66 Å². The van der Waals surface area contributed by atoms with Gasteiger partial charge in [-0.3, -0.25) is 0 Å². The lowest BCUT2D eigenvalue weighted by molar-refractivity contribution is 0.552. The van der Waals surface area contributed by atoms with E-state index in [4.69, 9.17) is 10.2 Å². The molecule has 1 heterocycles. The zero-order valence-electron chi connectivity index (χ0n) is 21.4. The van der Waals surface area contributed by atoms with Crippen LogP contribution in [-0.2, 0) is 0 Å². The normalized spacial score (nSPS) is 14.6. The smallest absolute Gasteiger partial charge is 0.104 e. The van der Waals surface area contributed by atoms with Crippen LogP contribution in [-0.4, -0.2) is 12.7 Å². The maximum atomic E-state index is 4.72. The highest BCUT2D eigenvalue weighted by Crippen LogP contribution is 2.44. The van der Waals surface area contributed by atoms with Crippen molar-refractivity contribution in [2.24, 2.45) is 20.5 Å². The third-order valence-electron chi connectivity index (χ3n) is 7.16. The Bertz CT molecular complexity index is 1720. The topological polar surface area (TPSA) is 64.7 Å². The molecule has 0 spiro atoms. The van der Waals surface area contributed by atoms with E-state index in [1.807, 2.05) is 61.5 Å². The van der Waals surface area contributed by atoms with E-state index in [2.05, 4.69) is 77.7 Å². The van der Waals surface area contributed by atoms with Crippen LogP contribution in [0.25, 0.3) is 21.5 Å². The molecule has 37 heavy (non-hydrogen) atoms. The van der Waals surface area contributed by atoms with Crippen molar-refractivity contribution in [1.82, 2.24) is 0 Å². The van der Waals surface area contributed by atoms with Crippen LogP contribution in [0.15, 0.2) is 111 Å². The summed E-state index contributed by atoms with van der Waals surface area (Å²) in [5.74, 6) is 0. The average Bonchev–Trinajstić information content (AvgIpc) is 2.90. The molecule has 0 fully saturated rings. The van der Waals surface area contributed by atoms with Crippen molar-refractivity contribution < 1.29 is 0 Å². The van der Waals surface area contributed by atoms with E-state index in [-0.39, 0.29) is 5.66 Å². The molecule has 0 aliphatic carbocycles. The fourth-order valence-corrected chi connectivity index (χ4v) is 4.89. The average molecular weight is 485 g/mol. The minimum absolute atomic E-state index is 0.179. The molecule has 6 heteroatoms. The SMILES string of the molecule is Cc1ccccc1N=Nc1ccc(N=Nc2ccc3c4c(cccc24)NC(C)(C)N3C)c2ccccc12. The van der Waals surface area contributed by atoms with Gasteiger partial charge in [-0.1, -0.05) is 54.6 Å². The summed E-state index contributed by atoms with van der Waals surface area (Å²) in [6, 6.07) is 30.5. The summed E-state index contributed by atoms with van der Waals surface area (Å²) in [7, 11) is 2.11. The molecule has 1 N–H and O–H groups in total. The molecule has 0 saturated carbocycles. The maximum Gasteiger partial charge on any atom is 0.104 e. The molecule has 0 amide bonds. The van der Waals surface area contributed by atoms with Crippen molar-refractivity contribution in [3.8, 4) is 0 Å². The summed E-state index contributed by atoms with van der Waals surface area (Å²) < 4.78 is 0. The molecule has 0 aromatic heterocycles. The number of azo groups is 2. The molecule has 182 valence electrons. The third-order valence-corrected chi connectivity index (χ3v) is 7.16. The van der Waals surface area contributed by atoms with Gasteiger partial charge in [0.25, 0.3) is 0 Å². The Morgan fingerprint density at radius 3 is 1.81 bits per heavy atom. The number of nitrogens with zero attached hydrogens (tertiary/aromatic N) is 5. The lowest BCUT2D eigenvalue weighted by Crippen LogP contribution is -2.50. The first-order chi connectivity index (χ1) is 17.9. The van der Waals surface area contributed by atoms with Crippen molar-refractivity contribution in [2.75, 3.05) is 17.3 Å². The maximum absolute atomic E-state index is 4.72. The Kier molecular flexibility index (Phi) is 5.45. The largest absolute Gasteiger partial charge is 0.363 e. The van der Waals surface area contributed by atoms with E-state index in [0.29, 0.717) is 0 Å². The van der Waals surface area contributed by atoms with Gasteiger partial charge in [-0.15, -0.1) is 15.3 Å². The predicted octanol–water partition coefficient (Wildman–Crippen LogP) is 9.73. The van der Waals surface area contributed by atoms with E-state index >= 15 is 0 Å². The number of hydrogen-bond donors (Lipinski definition) is 1. The van der Waals surface area contributed by atoms with Crippen LogP contribution in [0.3, 0.4) is 0 Å². The van der Waals surface area contributed by atoms with Gasteiger partial charge < -0.3 is 10.2 Å². The summed E-state index contributed by atoms with van der Waals surface area (Å²) in [5, 5.41) is 26.3. The lowest BCUT2D eigenvalue weighted by atomic mass is 9.98. The first-order valence-corrected chi connectivity index (χ1v) is 12.4. The standard InChI is InChI=1S/C31H28N6/c1-20-10-5-8-14-24(20)33-34-25-16-17-26(22-12-7-6-11-21(22)25)35-36-27-18-19-29-30-23(27)13-9-15-28(30)32-31(2,3)37(29)4/h5-19,32H,1-4H3. The summed E-state index contributed by atoms with van der Waals surface area (Å²) in [5.41, 5.74) is 6.50. The number of hydrogen-bond acceptors (Lipinski definition) is 6. The number of rotatable bonds is 4. The van der Waals surface area contributed by atoms with Gasteiger partial charge in [-0.05, 0) is 62.7 Å². The molecular formula is C31H28N6. The summed E-state index contributed by atoms with van der Waals surface area (Å²) in [6.07, 6.45) is 0. The Balaban J connectivity index is 1.40. The highest BCUT2D eigenvalue weighted by molar-refractivity contribution is 6.10. The Morgan fingerprint density at radius 2 is 1.14 bits per heavy atom. The lowest BCUT2D eigenvalue weighted by Gasteiger charge is -2.43. The van der Waals surface area contributed by atoms with Crippen LogP contribution >= 0.6 is 0 Å². The number of anilines is 2. The van der Waals surface area contributed by atoms with E-state index in [1.54, 1.807) is 0 Å². The molecule has 5 aromatic rings. The van der Waals surface area contributed by atoms with Crippen LogP contribution < -0.4 is 10.2 Å². The molecule has 1 aliphatic rings. The second-order valence-corrected chi connectivity index (χ2v) is 9.91. The molecule has 0 radical (unpaired) electrons. The number of nitrogens with one attached hydrogen (secondary N) is 1. The zero-order valence-corrected chi connectivity index (χ0v) is 21.4. The van der Waals surface area contributed by atoms with Crippen molar-refractivity contribution in [3.63, 3.8) is 0 Å². The van der Waals surface area contributed by atoms with Crippen molar-refractivity contribution in [2.45, 2.75) is 26.4 Å². The monoisotopic (exact) mass is 484 g/mol. The minimum Gasteiger partial charge on any atom is -0.363 e. The third kappa shape index (κ3) is 4.00. The first kappa shape index (κ1) is 22.9. The number of fused-ring (bicyclic) bond motifs is 1. The van der Waals surface area contributed by atoms with Crippen molar-refractivity contribution >= 4 is 55.7 Å². The van der Waals surface area contributed by atoms with Crippen molar-refractivity contribution in [3.05, 3.63) is 96.6 Å². The molecular weight excluding hydrogens is 456 g/mol. The first-order valence-electron chi connectivity index (χ1n) is 12.4. The van der Waals surface area contributed by atoms with Gasteiger partial charge in [-0.2, -0.15) is 5.11 Å². The van der Waals surface area contributed by atoms with Gasteiger partial charge in [0.05, 0.1) is 22.7 Å². The van der Waals surface area contributed by atoms with Crippen LogP contribution in [0.1, 0.15) is 19.4 Å². The van der Waals surface area contributed by atoms with E-state index < -0.39 is 0 Å². The van der Waals surface area contributed by atoms with Crippen LogP contribution in [0, 0.1) is 6.92 Å². The molecule has 6 rings (SSSR count). The quantitative estimate of drug-likeness (QED) is 0.258. The Morgan fingerprint density at radius 1 is 0.595 bits per heavy atom. The molecule has 0 atom stereocenters. The van der Waals surface area contributed by atoms with Gasteiger partial charge in [0, 0.05) is 40.0 Å². The molecule has 0 saturated heterocycles. The summed E-state index contributed by atoms with van der Waals surface area (Å²) >= 11 is 0. The van der Waals surface area contributed by atoms with E-state index in [0.717, 1.165) is 55.5 Å². The molecule has 5 aromatic carbocycles. The Hall–Kier alpha value is -4.58. The highest BCUT2D eigenvalue weighted by Gasteiger charge is 2.30. The second-order valence-electron chi connectivity index (χ2n) is 9.91. The summed E-state index contributed by atoms with van der Waals surface area (Å²) in [4.78, 5) is 2.26. The fraction of sp³-hybridized carbons (Fsp3) is 0.161. The van der Waals surface area contributed by atoms with Crippen LogP contribution in [0.5, 0.6) is 0 Å². The second kappa shape index (κ2) is 8.82. The van der Waals surface area contributed by atoms with E-state index in [1.165, 1.54) is 5.69 Å². The van der Waals surface area contributed by atoms with Crippen LogP contribution in [0.4, 0.5) is 34.1 Å². The van der Waals surface area contributed by atoms with Crippen molar-refractivity contribution in [1.29, 1.82) is 0 Å². The minimum atomic E-state index is -0.179. The molecule has 0 unspecified atom stereocenters. The van der Waals surface area contributed by atoms with Gasteiger partial charge in [-0.25, -0.2) is 0 Å². The zero-order chi connectivity index (χ0) is 25.6. The molecule has 1 aliphatic heterocycles. The van der Waals surface area contributed by atoms with Gasteiger partial charge in [0.2, 0.25) is 0 Å². The van der Waals surface area contributed by atoms with Gasteiger partial charge >= 0.3 is 0 Å². The van der Waals surface area contributed by atoms with Gasteiger partial charge in [0.15, 0.2) is 0 Å².